The molecule has 1 amide bonds. The van der Waals surface area contributed by atoms with E-state index < -0.39 is 17.4 Å². The molecule has 0 bridgehead atoms. The van der Waals surface area contributed by atoms with Gasteiger partial charge in [-0.15, -0.1) is 0 Å². The lowest BCUT2D eigenvalue weighted by Crippen LogP contribution is -2.50. The van der Waals surface area contributed by atoms with E-state index in [9.17, 15) is 18.7 Å². The summed E-state index contributed by atoms with van der Waals surface area (Å²) >= 11 is 0. The standard InChI is InChI=1S/C24H27F2N7O2/c1-3-20(23(35)31-11-13-32(14-12-31)24-28-7-4-8-29-24)30-22-16(2)27-9-10-33(22)15-17-18(25)5-6-19(26)21(17)34/h3-8,27,34H,2,9-15H2,1H3/b20-3-,30-22?. The van der Waals surface area contributed by atoms with E-state index in [1.807, 2.05) is 4.90 Å². The van der Waals surface area contributed by atoms with Crippen molar-refractivity contribution in [3.63, 3.8) is 0 Å². The molecule has 2 N–H and O–H groups in total. The molecule has 35 heavy (non-hydrogen) atoms. The van der Waals surface area contributed by atoms with Gasteiger partial charge in [0.1, 0.15) is 11.5 Å². The molecule has 1 aromatic heterocycles. The number of anilines is 1. The number of amidine groups is 1. The Morgan fingerprint density at radius 2 is 1.86 bits per heavy atom. The van der Waals surface area contributed by atoms with Crippen LogP contribution in [0.25, 0.3) is 0 Å². The molecule has 2 fully saturated rings. The fraction of sp³-hybridized carbons (Fsp3) is 0.333. The number of hydrogen-bond donors (Lipinski definition) is 2. The highest BCUT2D eigenvalue weighted by molar-refractivity contribution is 6.03. The number of phenols is 1. The van der Waals surface area contributed by atoms with E-state index in [2.05, 4.69) is 26.9 Å². The Labute approximate surface area is 202 Å². The molecule has 2 saturated heterocycles. The van der Waals surface area contributed by atoms with Crippen molar-refractivity contribution in [2.24, 2.45) is 4.99 Å². The van der Waals surface area contributed by atoms with E-state index in [0.29, 0.717) is 56.7 Å². The van der Waals surface area contributed by atoms with Gasteiger partial charge in [-0.05, 0) is 25.1 Å². The summed E-state index contributed by atoms with van der Waals surface area (Å²) in [6.07, 6.45) is 4.97. The van der Waals surface area contributed by atoms with Crippen molar-refractivity contribution in [3.8, 4) is 5.75 Å². The fourth-order valence-corrected chi connectivity index (χ4v) is 4.01. The Morgan fingerprint density at radius 1 is 1.17 bits per heavy atom. The van der Waals surface area contributed by atoms with Gasteiger partial charge in [0, 0.05) is 51.7 Å². The highest BCUT2D eigenvalue weighted by Gasteiger charge is 2.28. The van der Waals surface area contributed by atoms with Gasteiger partial charge in [0.05, 0.1) is 17.8 Å². The van der Waals surface area contributed by atoms with Crippen LogP contribution in [-0.2, 0) is 11.3 Å². The molecule has 9 nitrogen and oxygen atoms in total. The third-order valence-corrected chi connectivity index (χ3v) is 5.94. The van der Waals surface area contributed by atoms with Crippen molar-refractivity contribution in [2.45, 2.75) is 13.5 Å². The molecule has 0 atom stereocenters. The second-order valence-electron chi connectivity index (χ2n) is 8.12. The maximum Gasteiger partial charge on any atom is 0.272 e. The molecule has 184 valence electrons. The van der Waals surface area contributed by atoms with E-state index in [1.165, 1.54) is 0 Å². The van der Waals surface area contributed by atoms with Gasteiger partial charge < -0.3 is 25.1 Å². The Morgan fingerprint density at radius 3 is 2.54 bits per heavy atom. The Hall–Kier alpha value is -4.02. The average Bonchev–Trinajstić information content (AvgIpc) is 2.89. The van der Waals surface area contributed by atoms with Crippen molar-refractivity contribution < 1.29 is 18.7 Å². The molecule has 2 aromatic rings. The van der Waals surface area contributed by atoms with Crippen LogP contribution in [0.2, 0.25) is 0 Å². The summed E-state index contributed by atoms with van der Waals surface area (Å²) in [6.45, 7) is 8.57. The summed E-state index contributed by atoms with van der Waals surface area (Å²) in [6, 6.07) is 3.60. The molecule has 0 radical (unpaired) electrons. The first kappa shape index (κ1) is 24.1. The minimum absolute atomic E-state index is 0.129. The van der Waals surface area contributed by atoms with Crippen LogP contribution >= 0.6 is 0 Å². The zero-order valence-corrected chi connectivity index (χ0v) is 19.4. The van der Waals surface area contributed by atoms with Gasteiger partial charge in [-0.2, -0.15) is 0 Å². The summed E-state index contributed by atoms with van der Waals surface area (Å²) in [5, 5.41) is 13.1. The molecule has 2 aliphatic heterocycles. The zero-order valence-electron chi connectivity index (χ0n) is 19.4. The monoisotopic (exact) mass is 483 g/mol. The third-order valence-electron chi connectivity index (χ3n) is 5.94. The van der Waals surface area contributed by atoms with Crippen molar-refractivity contribution in [1.82, 2.24) is 25.1 Å². The summed E-state index contributed by atoms with van der Waals surface area (Å²) in [7, 11) is 0. The zero-order chi connectivity index (χ0) is 24.9. The SMILES string of the molecule is C=C1NCCN(Cc2c(F)ccc(F)c2O)C1=N/C(=C\C)C(=O)N1CCN(c2ncccn2)CC1. The first-order valence-electron chi connectivity index (χ1n) is 11.3. The largest absolute Gasteiger partial charge is 0.505 e. The first-order chi connectivity index (χ1) is 16.9. The number of phenolic OH excluding ortho intramolecular Hbond substituents is 1. The molecule has 1 aromatic carbocycles. The molecule has 0 aliphatic carbocycles. The second kappa shape index (κ2) is 10.5. The summed E-state index contributed by atoms with van der Waals surface area (Å²) in [5.74, 6) is -1.66. The fourth-order valence-electron chi connectivity index (χ4n) is 4.01. The van der Waals surface area contributed by atoms with E-state index in [4.69, 9.17) is 0 Å². The van der Waals surface area contributed by atoms with Gasteiger partial charge in [0.25, 0.3) is 5.91 Å². The molecular weight excluding hydrogens is 456 g/mol. The number of hydrogen-bond acceptors (Lipinski definition) is 7. The Kier molecular flexibility index (Phi) is 7.23. The predicted molar refractivity (Wildman–Crippen MR) is 128 cm³/mol. The van der Waals surface area contributed by atoms with Crippen LogP contribution < -0.4 is 10.2 Å². The van der Waals surface area contributed by atoms with Gasteiger partial charge in [0.15, 0.2) is 17.4 Å². The molecule has 0 unspecified atom stereocenters. The number of carbonyl (C=O) groups excluding carboxylic acids is 1. The van der Waals surface area contributed by atoms with Crippen molar-refractivity contribution >= 4 is 17.7 Å². The Bertz CT molecular complexity index is 1160. The van der Waals surface area contributed by atoms with Crippen LogP contribution in [0.4, 0.5) is 14.7 Å². The topological polar surface area (TPSA) is 97.2 Å². The van der Waals surface area contributed by atoms with Crippen molar-refractivity contribution in [1.29, 1.82) is 0 Å². The number of benzene rings is 1. The summed E-state index contributed by atoms with van der Waals surface area (Å²) in [4.78, 5) is 31.7. The number of aromatic hydroxyl groups is 1. The number of piperazine rings is 2. The lowest BCUT2D eigenvalue weighted by Gasteiger charge is -2.35. The molecule has 2 aliphatic rings. The van der Waals surface area contributed by atoms with Crippen molar-refractivity contribution in [2.75, 3.05) is 44.2 Å². The maximum atomic E-state index is 14.3. The minimum Gasteiger partial charge on any atom is -0.505 e. The number of allylic oxidation sites excluding steroid dienone is 1. The normalized spacial score (nSPS) is 18.1. The number of aromatic nitrogens is 2. The van der Waals surface area contributed by atoms with Crippen LogP contribution in [0.3, 0.4) is 0 Å². The van der Waals surface area contributed by atoms with Gasteiger partial charge in [0.2, 0.25) is 5.95 Å². The van der Waals surface area contributed by atoms with Gasteiger partial charge in [-0.3, -0.25) is 4.79 Å². The van der Waals surface area contributed by atoms with Crippen molar-refractivity contribution in [3.05, 3.63) is 71.8 Å². The summed E-state index contributed by atoms with van der Waals surface area (Å²) < 4.78 is 28.2. The first-order valence-corrected chi connectivity index (χ1v) is 11.3. The van der Waals surface area contributed by atoms with Crippen LogP contribution in [0, 0.1) is 11.6 Å². The van der Waals surface area contributed by atoms with E-state index in [1.54, 1.807) is 41.3 Å². The maximum absolute atomic E-state index is 14.3. The predicted octanol–water partition coefficient (Wildman–Crippen LogP) is 2.03. The molecule has 11 heteroatoms. The molecule has 0 saturated carbocycles. The van der Waals surface area contributed by atoms with E-state index in [0.717, 1.165) is 12.1 Å². The molecule has 0 spiro atoms. The average molecular weight is 484 g/mol. The minimum atomic E-state index is -0.904. The van der Waals surface area contributed by atoms with Crippen LogP contribution in [0.1, 0.15) is 12.5 Å². The highest BCUT2D eigenvalue weighted by Crippen LogP contribution is 2.26. The molecule has 4 rings (SSSR count). The third kappa shape index (κ3) is 5.23. The number of amides is 1. The lowest BCUT2D eigenvalue weighted by atomic mass is 10.1. The number of carbonyl (C=O) groups is 1. The highest BCUT2D eigenvalue weighted by atomic mass is 19.1. The lowest BCUT2D eigenvalue weighted by molar-refractivity contribution is -0.127. The smallest absolute Gasteiger partial charge is 0.272 e. The number of aliphatic imine (C=N–C) groups is 1. The van der Waals surface area contributed by atoms with E-state index >= 15 is 0 Å². The van der Waals surface area contributed by atoms with Crippen LogP contribution in [-0.4, -0.2) is 75.9 Å². The van der Waals surface area contributed by atoms with Gasteiger partial charge in [-0.25, -0.2) is 23.7 Å². The van der Waals surface area contributed by atoms with Crippen LogP contribution in [0.5, 0.6) is 5.75 Å². The second-order valence-corrected chi connectivity index (χ2v) is 8.12. The number of rotatable bonds is 5. The number of nitrogens with zero attached hydrogens (tertiary/aromatic N) is 6. The van der Waals surface area contributed by atoms with E-state index in [-0.39, 0.29) is 23.7 Å². The number of halogens is 2. The van der Waals surface area contributed by atoms with Crippen LogP contribution in [0.15, 0.2) is 59.6 Å². The molecular formula is C24H27F2N7O2. The number of nitrogens with one attached hydrogen (secondary N) is 1. The summed E-state index contributed by atoms with van der Waals surface area (Å²) in [5.41, 5.74) is 0.481. The van der Waals surface area contributed by atoms with Gasteiger partial charge >= 0.3 is 0 Å². The quantitative estimate of drug-likeness (QED) is 0.628. The van der Waals surface area contributed by atoms with Gasteiger partial charge in [-0.1, -0.05) is 12.7 Å². The Balaban J connectivity index is 1.51. The molecule has 3 heterocycles.